The second-order valence-electron chi connectivity index (χ2n) is 15.3. The van der Waals surface area contributed by atoms with Crippen molar-refractivity contribution < 1.29 is 33.8 Å². The normalized spacial score (nSPS) is 25.2. The maximum atomic E-state index is 14.0. The zero-order valence-electron chi connectivity index (χ0n) is 34.3. The van der Waals surface area contributed by atoms with Gasteiger partial charge in [0.05, 0.1) is 61.4 Å². The molecule has 1 aliphatic carbocycles. The van der Waals surface area contributed by atoms with Crippen LogP contribution in [0.2, 0.25) is 0 Å². The number of carbonyl (C=O) groups is 4. The first-order valence-corrected chi connectivity index (χ1v) is 19.7. The van der Waals surface area contributed by atoms with Crippen LogP contribution in [0.15, 0.2) is 37.0 Å². The fourth-order valence-corrected chi connectivity index (χ4v) is 8.47. The summed E-state index contributed by atoms with van der Waals surface area (Å²) in [4.78, 5) is 59.6. The number of likely N-dealkylation sites (tertiary alicyclic amines) is 2. The number of hydrogen-bond donors (Lipinski definition) is 3. The summed E-state index contributed by atoms with van der Waals surface area (Å²) in [5.41, 5.74) is 0.542. The lowest BCUT2D eigenvalue weighted by Crippen LogP contribution is -2.55. The Morgan fingerprint density at radius 1 is 1.04 bits per heavy atom. The fraction of sp³-hybridized carbons (Fsp3) is 0.756. The molecule has 11 atom stereocenters. The average Bonchev–Trinajstić information content (AvgIpc) is 3.90. The number of ether oxygens (including phenoxy) is 2. The number of allylic oxidation sites excluding steroid dienone is 2. The first-order valence-electron chi connectivity index (χ1n) is 19.7. The zero-order chi connectivity index (χ0) is 40.0. The van der Waals surface area contributed by atoms with Crippen LogP contribution in [0.3, 0.4) is 0 Å². The minimum absolute atomic E-state index is 0.0131. The summed E-state index contributed by atoms with van der Waals surface area (Å²) in [6.07, 6.45) is 9.27. The number of hydrogen-bond acceptors (Lipinski definition) is 8. The largest absolute Gasteiger partial charge is 0.386 e. The Kier molecular flexibility index (Phi) is 19.4. The summed E-state index contributed by atoms with van der Waals surface area (Å²) in [6, 6.07) is -1.09. The van der Waals surface area contributed by atoms with Crippen molar-refractivity contribution in [3.05, 3.63) is 37.0 Å². The molecule has 0 aromatic carbocycles. The van der Waals surface area contributed by atoms with Crippen molar-refractivity contribution in [2.24, 2.45) is 17.8 Å². The van der Waals surface area contributed by atoms with E-state index in [0.717, 1.165) is 32.1 Å². The van der Waals surface area contributed by atoms with E-state index in [1.54, 1.807) is 57.1 Å². The molecule has 3 rings (SSSR count). The molecule has 2 aliphatic heterocycles. The van der Waals surface area contributed by atoms with Gasteiger partial charge in [0.1, 0.15) is 0 Å². The monoisotopic (exact) mass is 746 g/mol. The van der Waals surface area contributed by atoms with Gasteiger partial charge in [0.25, 0.3) is 0 Å². The molecule has 2 bridgehead atoms. The Morgan fingerprint density at radius 3 is 2.23 bits per heavy atom. The number of methoxy groups -OCH3 is 2. The van der Waals surface area contributed by atoms with Crippen LogP contribution in [0.4, 0.5) is 0 Å². The molecule has 3 fully saturated rings. The van der Waals surface area contributed by atoms with Crippen LogP contribution in [0.25, 0.3) is 0 Å². The third-order valence-electron chi connectivity index (χ3n) is 11.6. The predicted molar refractivity (Wildman–Crippen MR) is 210 cm³/mol. The summed E-state index contributed by atoms with van der Waals surface area (Å²) >= 11 is 0. The van der Waals surface area contributed by atoms with Crippen LogP contribution in [0.5, 0.6) is 0 Å². The van der Waals surface area contributed by atoms with Crippen molar-refractivity contribution in [1.82, 2.24) is 25.3 Å². The Morgan fingerprint density at radius 2 is 1.70 bits per heavy atom. The van der Waals surface area contributed by atoms with E-state index in [1.807, 2.05) is 20.9 Å². The van der Waals surface area contributed by atoms with Gasteiger partial charge in [-0.15, -0.1) is 0 Å². The van der Waals surface area contributed by atoms with Crippen LogP contribution in [-0.4, -0.2) is 133 Å². The smallest absolute Gasteiger partial charge is 0.242 e. The zero-order valence-corrected chi connectivity index (χ0v) is 34.3. The second kappa shape index (κ2) is 22.4. The molecule has 12 heteroatoms. The summed E-state index contributed by atoms with van der Waals surface area (Å²) in [6.45, 7) is 19.6. The Bertz CT molecular complexity index is 1260. The van der Waals surface area contributed by atoms with Gasteiger partial charge in [0, 0.05) is 33.9 Å². The number of carbonyl (C=O) groups excluding carboxylic acids is 4. The first-order chi connectivity index (χ1) is 25.2. The molecule has 3 N–H and O–H groups in total. The highest BCUT2D eigenvalue weighted by atomic mass is 16.5. The number of nitrogens with one attached hydrogen (secondary N) is 2. The lowest BCUT2D eigenvalue weighted by atomic mass is 9.90. The summed E-state index contributed by atoms with van der Waals surface area (Å²) in [5.74, 6) is -1.03. The van der Waals surface area contributed by atoms with Gasteiger partial charge in [-0.3, -0.25) is 24.1 Å². The Balaban J connectivity index is 0.00000313. The van der Waals surface area contributed by atoms with Gasteiger partial charge in [-0.2, -0.15) is 0 Å². The maximum absolute atomic E-state index is 14.0. The molecular weight excluding hydrogens is 674 g/mol. The van der Waals surface area contributed by atoms with Crippen LogP contribution in [0, 0.1) is 17.8 Å². The molecule has 0 spiro atoms. The van der Waals surface area contributed by atoms with Crippen molar-refractivity contribution >= 4 is 23.6 Å². The summed E-state index contributed by atoms with van der Waals surface area (Å²) in [7, 11) is 6.81. The average molecular weight is 746 g/mol. The molecule has 4 amide bonds. The molecule has 0 radical (unpaired) electrons. The Labute approximate surface area is 319 Å². The third kappa shape index (κ3) is 11.7. The number of aliphatic hydroxyl groups is 1. The number of piperidine rings is 1. The quantitative estimate of drug-likeness (QED) is 0.168. The maximum Gasteiger partial charge on any atom is 0.242 e. The molecule has 53 heavy (non-hydrogen) atoms. The number of aliphatic hydroxyl groups excluding tert-OH is 1. The van der Waals surface area contributed by atoms with Crippen LogP contribution in [-0.2, 0) is 28.7 Å². The van der Waals surface area contributed by atoms with Crippen molar-refractivity contribution in [2.75, 3.05) is 41.4 Å². The third-order valence-corrected chi connectivity index (χ3v) is 11.6. The summed E-state index contributed by atoms with van der Waals surface area (Å²) in [5, 5.41) is 16.5. The van der Waals surface area contributed by atoms with Crippen molar-refractivity contribution in [1.29, 1.82) is 0 Å². The van der Waals surface area contributed by atoms with E-state index in [9.17, 15) is 24.3 Å². The standard InChI is InChI=1S/C38H63N5O7.C3H8/c1-11-15-26(13-3)35(46)25(6)40-37(47)24(5)36(50-10)29-16-14-19-43(29)31(44)21-30(49-9)33(23(4)12-2)42(8)32(45)22-39-38(48)34-27-17-18-28(20-27)41(34)7;1-3-2/h11,13,15,23-25,27-30,33-36,46H,1,3,12,14,16-22H2,2,4-10H3,(H,39,48)(H,40,47);3H2,1-2H3/b26-15+;. The van der Waals surface area contributed by atoms with Crippen LogP contribution >= 0.6 is 0 Å². The second-order valence-corrected chi connectivity index (χ2v) is 15.3. The molecule has 3 aliphatic rings. The number of nitrogens with zero attached hydrogens (tertiary/aromatic N) is 3. The van der Waals surface area contributed by atoms with Crippen LogP contribution < -0.4 is 10.6 Å². The molecule has 2 saturated heterocycles. The predicted octanol–water partition coefficient (Wildman–Crippen LogP) is 4.09. The van der Waals surface area contributed by atoms with E-state index >= 15 is 0 Å². The molecule has 302 valence electrons. The van der Waals surface area contributed by atoms with Crippen molar-refractivity contribution in [2.45, 2.75) is 141 Å². The van der Waals surface area contributed by atoms with Gasteiger partial charge >= 0.3 is 0 Å². The van der Waals surface area contributed by atoms with E-state index in [0.29, 0.717) is 30.5 Å². The minimum Gasteiger partial charge on any atom is -0.386 e. The first kappa shape index (κ1) is 46.1. The van der Waals surface area contributed by atoms with Crippen molar-refractivity contribution in [3.63, 3.8) is 0 Å². The van der Waals surface area contributed by atoms with Gasteiger partial charge in [-0.25, -0.2) is 0 Å². The highest BCUT2D eigenvalue weighted by Crippen LogP contribution is 2.41. The van der Waals surface area contributed by atoms with E-state index < -0.39 is 36.3 Å². The fourth-order valence-electron chi connectivity index (χ4n) is 8.47. The van der Waals surface area contributed by atoms with Gasteiger partial charge in [-0.1, -0.05) is 78.8 Å². The van der Waals surface area contributed by atoms with Gasteiger partial charge in [0.15, 0.2) is 0 Å². The number of rotatable bonds is 19. The van der Waals surface area contributed by atoms with E-state index in [-0.39, 0.29) is 54.6 Å². The van der Waals surface area contributed by atoms with E-state index in [2.05, 4.69) is 42.5 Å². The van der Waals surface area contributed by atoms with Gasteiger partial charge in [0.2, 0.25) is 23.6 Å². The highest BCUT2D eigenvalue weighted by Gasteiger charge is 2.47. The molecule has 0 aromatic rings. The van der Waals surface area contributed by atoms with E-state index in [1.165, 1.54) is 12.5 Å². The minimum atomic E-state index is -0.970. The molecule has 0 aromatic heterocycles. The van der Waals surface area contributed by atoms with Crippen molar-refractivity contribution in [3.8, 4) is 0 Å². The van der Waals surface area contributed by atoms with Crippen LogP contribution in [0.1, 0.15) is 92.9 Å². The van der Waals surface area contributed by atoms with Gasteiger partial charge in [-0.05, 0) is 63.5 Å². The lowest BCUT2D eigenvalue weighted by molar-refractivity contribution is -0.146. The lowest BCUT2D eigenvalue weighted by Gasteiger charge is -2.39. The SMILES string of the molecule is C=C/C=C(\C=C)C(O)C(C)NC(=O)C(C)C(OC)C1CCCN1C(=O)CC(OC)C(C(C)CC)N(C)C(=O)CNC(=O)C1C2CCC(C2)N1C.CCC. The molecule has 1 saturated carbocycles. The number of amides is 4. The molecule has 2 heterocycles. The van der Waals surface area contributed by atoms with Gasteiger partial charge < -0.3 is 35.0 Å². The Hall–Kier alpha value is -3.06. The molecule has 12 nitrogen and oxygen atoms in total. The number of fused-ring (bicyclic) bond motifs is 2. The highest BCUT2D eigenvalue weighted by molar-refractivity contribution is 5.88. The summed E-state index contributed by atoms with van der Waals surface area (Å²) < 4.78 is 11.8. The van der Waals surface area contributed by atoms with E-state index in [4.69, 9.17) is 9.47 Å². The molecular formula is C41H71N5O7. The topological polar surface area (TPSA) is 141 Å². The number of likely N-dealkylation sites (N-methyl/N-ethyl adjacent to an activating group) is 2. The molecule has 11 unspecified atom stereocenters.